The van der Waals surface area contributed by atoms with E-state index in [4.69, 9.17) is 0 Å². The van der Waals surface area contributed by atoms with E-state index < -0.39 is 10.0 Å². The van der Waals surface area contributed by atoms with Crippen molar-refractivity contribution in [1.82, 2.24) is 4.90 Å². The highest BCUT2D eigenvalue weighted by Crippen LogP contribution is 2.26. The molecule has 7 heteroatoms. The van der Waals surface area contributed by atoms with E-state index in [1.807, 2.05) is 11.0 Å². The fourth-order valence-corrected chi connectivity index (χ4v) is 5.39. The van der Waals surface area contributed by atoms with Gasteiger partial charge in [-0.1, -0.05) is 18.2 Å². The summed E-state index contributed by atoms with van der Waals surface area (Å²) < 4.78 is 27.0. The van der Waals surface area contributed by atoms with Crippen LogP contribution in [0.4, 0.5) is 5.69 Å². The van der Waals surface area contributed by atoms with Crippen LogP contribution in [0.5, 0.6) is 0 Å². The first-order valence-electron chi connectivity index (χ1n) is 8.95. The van der Waals surface area contributed by atoms with E-state index in [-0.39, 0.29) is 10.8 Å². The van der Waals surface area contributed by atoms with Gasteiger partial charge in [0, 0.05) is 30.6 Å². The number of benzene rings is 2. The molecule has 0 atom stereocenters. The van der Waals surface area contributed by atoms with Crippen LogP contribution in [0.3, 0.4) is 0 Å². The van der Waals surface area contributed by atoms with Gasteiger partial charge >= 0.3 is 0 Å². The standard InChI is InChI=1S/C21H20N2O3S2/c1-22(18-5-3-2-4-6-18)28(25,26)19-9-7-16(8-10-19)21(24)23-13-11-20-17(15-23)12-14-27-20/h2-10,12,14H,11,13,15H2,1H3. The monoisotopic (exact) mass is 412 g/mol. The fraction of sp³-hybridized carbons (Fsp3) is 0.190. The lowest BCUT2D eigenvalue weighted by atomic mass is 10.1. The van der Waals surface area contributed by atoms with Crippen molar-refractivity contribution in [3.63, 3.8) is 0 Å². The number of anilines is 1. The number of para-hydroxylation sites is 1. The molecule has 0 spiro atoms. The predicted octanol–water partition coefficient (Wildman–Crippen LogP) is 3.77. The molecule has 3 aromatic rings. The molecule has 0 N–H and O–H groups in total. The first-order valence-corrected chi connectivity index (χ1v) is 11.3. The van der Waals surface area contributed by atoms with Gasteiger partial charge in [-0.3, -0.25) is 9.10 Å². The third-order valence-corrected chi connectivity index (χ3v) is 7.80. The maximum absolute atomic E-state index is 12.9. The molecule has 2 aromatic carbocycles. The van der Waals surface area contributed by atoms with Crippen molar-refractivity contribution in [2.75, 3.05) is 17.9 Å². The molecule has 1 aliphatic rings. The van der Waals surface area contributed by atoms with Gasteiger partial charge < -0.3 is 4.90 Å². The smallest absolute Gasteiger partial charge is 0.264 e. The van der Waals surface area contributed by atoms with Crippen molar-refractivity contribution < 1.29 is 13.2 Å². The summed E-state index contributed by atoms with van der Waals surface area (Å²) in [7, 11) is -2.16. The first kappa shape index (κ1) is 18.7. The Kier molecular flexibility index (Phi) is 4.95. The van der Waals surface area contributed by atoms with Crippen molar-refractivity contribution >= 4 is 33.0 Å². The maximum atomic E-state index is 12.9. The van der Waals surface area contributed by atoms with Crippen LogP contribution in [0.1, 0.15) is 20.8 Å². The van der Waals surface area contributed by atoms with Crippen LogP contribution in [0.25, 0.3) is 0 Å². The van der Waals surface area contributed by atoms with Gasteiger partial charge in [0.05, 0.1) is 10.6 Å². The van der Waals surface area contributed by atoms with Crippen LogP contribution in [-0.4, -0.2) is 32.8 Å². The van der Waals surface area contributed by atoms with Gasteiger partial charge in [0.25, 0.3) is 15.9 Å². The quantitative estimate of drug-likeness (QED) is 0.655. The number of fused-ring (bicyclic) bond motifs is 1. The third kappa shape index (κ3) is 3.43. The summed E-state index contributed by atoms with van der Waals surface area (Å²) in [6.07, 6.45) is 0.868. The van der Waals surface area contributed by atoms with Crippen molar-refractivity contribution in [1.29, 1.82) is 0 Å². The Bertz CT molecular complexity index is 1090. The Balaban J connectivity index is 1.53. The van der Waals surface area contributed by atoms with Crippen LogP contribution in [0.2, 0.25) is 0 Å². The van der Waals surface area contributed by atoms with E-state index in [0.717, 1.165) is 6.42 Å². The number of amides is 1. The number of thiophene rings is 1. The molecule has 0 aliphatic carbocycles. The molecule has 0 saturated carbocycles. The summed E-state index contributed by atoms with van der Waals surface area (Å²) in [5, 5.41) is 2.06. The predicted molar refractivity (Wildman–Crippen MR) is 111 cm³/mol. The molecule has 0 saturated heterocycles. The number of sulfonamides is 1. The minimum Gasteiger partial charge on any atom is -0.334 e. The van der Waals surface area contributed by atoms with E-state index in [0.29, 0.717) is 24.3 Å². The Morgan fingerprint density at radius 1 is 1.04 bits per heavy atom. The summed E-state index contributed by atoms with van der Waals surface area (Å²) in [5.74, 6) is -0.0720. The minimum absolute atomic E-state index is 0.0720. The zero-order valence-corrected chi connectivity index (χ0v) is 17.0. The maximum Gasteiger partial charge on any atom is 0.264 e. The molecule has 1 aliphatic heterocycles. The summed E-state index contributed by atoms with van der Waals surface area (Å²) >= 11 is 1.73. The highest BCUT2D eigenvalue weighted by atomic mass is 32.2. The number of carbonyl (C=O) groups is 1. The van der Waals surface area contributed by atoms with Gasteiger partial charge in [-0.15, -0.1) is 11.3 Å². The lowest BCUT2D eigenvalue weighted by molar-refractivity contribution is 0.0736. The van der Waals surface area contributed by atoms with Gasteiger partial charge in [0.1, 0.15) is 0 Å². The molecular formula is C21H20N2O3S2. The molecular weight excluding hydrogens is 392 g/mol. The average molecular weight is 413 g/mol. The molecule has 1 aromatic heterocycles. The Labute approximate surface area is 168 Å². The molecule has 1 amide bonds. The molecule has 0 unspecified atom stereocenters. The molecule has 0 radical (unpaired) electrons. The van der Waals surface area contributed by atoms with Crippen molar-refractivity contribution in [3.8, 4) is 0 Å². The lowest BCUT2D eigenvalue weighted by Crippen LogP contribution is -2.35. The van der Waals surface area contributed by atoms with Gasteiger partial charge in [-0.2, -0.15) is 0 Å². The van der Waals surface area contributed by atoms with E-state index >= 15 is 0 Å². The summed E-state index contributed by atoms with van der Waals surface area (Å²) in [5.41, 5.74) is 2.29. The van der Waals surface area contributed by atoms with Crippen molar-refractivity contribution in [2.24, 2.45) is 0 Å². The minimum atomic E-state index is -3.68. The van der Waals surface area contributed by atoms with Gasteiger partial charge in [0.15, 0.2) is 0 Å². The highest BCUT2D eigenvalue weighted by Gasteiger charge is 2.24. The number of hydrogen-bond donors (Lipinski definition) is 0. The summed E-state index contributed by atoms with van der Waals surface area (Å²) in [6, 6.07) is 17.2. The van der Waals surface area contributed by atoms with Crippen LogP contribution in [0.15, 0.2) is 70.9 Å². The van der Waals surface area contributed by atoms with Crippen LogP contribution >= 0.6 is 11.3 Å². The molecule has 2 heterocycles. The zero-order chi connectivity index (χ0) is 19.7. The Morgan fingerprint density at radius 2 is 1.75 bits per heavy atom. The van der Waals surface area contributed by atoms with E-state index in [2.05, 4.69) is 11.4 Å². The fourth-order valence-electron chi connectivity index (χ4n) is 3.31. The number of hydrogen-bond acceptors (Lipinski definition) is 4. The van der Waals surface area contributed by atoms with Gasteiger partial charge in [-0.05, 0) is 59.8 Å². The molecule has 144 valence electrons. The van der Waals surface area contributed by atoms with Crippen LogP contribution in [0, 0.1) is 0 Å². The average Bonchev–Trinajstić information content (AvgIpc) is 3.21. The van der Waals surface area contributed by atoms with Crippen LogP contribution in [-0.2, 0) is 23.0 Å². The third-order valence-electron chi connectivity index (χ3n) is 4.97. The SMILES string of the molecule is CN(c1ccccc1)S(=O)(=O)c1ccc(C(=O)N2CCc3sccc3C2)cc1. The number of carbonyl (C=O) groups excluding carboxylic acids is 1. The second-order valence-electron chi connectivity index (χ2n) is 6.68. The van der Waals surface area contributed by atoms with Gasteiger partial charge in [0.2, 0.25) is 0 Å². The number of rotatable bonds is 4. The normalized spacial score (nSPS) is 13.8. The van der Waals surface area contributed by atoms with E-state index in [9.17, 15) is 13.2 Å². The summed E-state index contributed by atoms with van der Waals surface area (Å²) in [6.45, 7) is 1.29. The van der Waals surface area contributed by atoms with Crippen LogP contribution < -0.4 is 4.31 Å². The molecule has 28 heavy (non-hydrogen) atoms. The lowest BCUT2D eigenvalue weighted by Gasteiger charge is -2.27. The molecule has 4 rings (SSSR count). The van der Waals surface area contributed by atoms with E-state index in [1.54, 1.807) is 47.7 Å². The second kappa shape index (κ2) is 7.41. The van der Waals surface area contributed by atoms with Crippen molar-refractivity contribution in [3.05, 3.63) is 82.0 Å². The largest absolute Gasteiger partial charge is 0.334 e. The Hall–Kier alpha value is -2.64. The highest BCUT2D eigenvalue weighted by molar-refractivity contribution is 7.92. The Morgan fingerprint density at radius 3 is 2.46 bits per heavy atom. The molecule has 0 fully saturated rings. The van der Waals surface area contributed by atoms with Crippen molar-refractivity contribution in [2.45, 2.75) is 17.9 Å². The zero-order valence-electron chi connectivity index (χ0n) is 15.4. The topological polar surface area (TPSA) is 57.7 Å². The molecule has 5 nitrogen and oxygen atoms in total. The number of nitrogens with zero attached hydrogens (tertiary/aromatic N) is 2. The molecule has 0 bridgehead atoms. The van der Waals surface area contributed by atoms with E-state index in [1.165, 1.54) is 33.9 Å². The summed E-state index contributed by atoms with van der Waals surface area (Å²) in [4.78, 5) is 16.1. The first-order chi connectivity index (χ1) is 13.5. The van der Waals surface area contributed by atoms with Gasteiger partial charge in [-0.25, -0.2) is 8.42 Å². The second-order valence-corrected chi connectivity index (χ2v) is 9.65.